The number of carbonyl (C=O) groups is 2. The first-order valence-electron chi connectivity index (χ1n) is 8.45. The molecule has 1 amide bonds. The third kappa shape index (κ3) is 2.67. The fraction of sp³-hybridized carbons (Fsp3) is 0.474. The van der Waals surface area contributed by atoms with Crippen LogP contribution in [0.25, 0.3) is 6.08 Å². The lowest BCUT2D eigenvalue weighted by Crippen LogP contribution is -2.30. The van der Waals surface area contributed by atoms with Gasteiger partial charge < -0.3 is 10.0 Å². The summed E-state index contributed by atoms with van der Waals surface area (Å²) in [6.45, 7) is 0.948. The van der Waals surface area contributed by atoms with Crippen LogP contribution in [0.4, 0.5) is 0 Å². The molecule has 120 valence electrons. The summed E-state index contributed by atoms with van der Waals surface area (Å²) in [4.78, 5) is 26.1. The van der Waals surface area contributed by atoms with Crippen molar-refractivity contribution in [3.05, 3.63) is 41.0 Å². The van der Waals surface area contributed by atoms with Gasteiger partial charge in [0.05, 0.1) is 5.92 Å². The van der Waals surface area contributed by atoms with Crippen LogP contribution in [0.5, 0.6) is 0 Å². The van der Waals surface area contributed by atoms with E-state index in [0.717, 1.165) is 25.7 Å². The van der Waals surface area contributed by atoms with Crippen LogP contribution >= 0.6 is 0 Å². The number of allylic oxidation sites excluding steroid dienone is 1. The molecule has 0 aromatic heterocycles. The smallest absolute Gasteiger partial charge is 0.308 e. The van der Waals surface area contributed by atoms with E-state index in [0.29, 0.717) is 24.6 Å². The molecule has 4 heteroatoms. The molecule has 1 aromatic carbocycles. The highest BCUT2D eigenvalue weighted by Gasteiger charge is 2.46. The molecule has 0 unspecified atom stereocenters. The van der Waals surface area contributed by atoms with Crippen LogP contribution in [-0.4, -0.2) is 35.0 Å². The lowest BCUT2D eigenvalue weighted by Gasteiger charge is -2.18. The van der Waals surface area contributed by atoms with Crippen LogP contribution in [0, 0.1) is 17.8 Å². The number of hydrogen-bond acceptors (Lipinski definition) is 2. The molecule has 3 aliphatic rings. The number of carbonyl (C=O) groups excluding carboxylic acids is 1. The highest BCUT2D eigenvalue weighted by molar-refractivity contribution is 5.95. The van der Waals surface area contributed by atoms with Crippen LogP contribution in [0.2, 0.25) is 0 Å². The molecule has 2 atom stereocenters. The fourth-order valence-corrected chi connectivity index (χ4v) is 4.01. The van der Waals surface area contributed by atoms with Gasteiger partial charge in [-0.05, 0) is 60.8 Å². The fourth-order valence-electron chi connectivity index (χ4n) is 4.01. The Morgan fingerprint density at radius 2 is 2.00 bits per heavy atom. The maximum atomic E-state index is 12.8. The minimum atomic E-state index is -0.757. The molecule has 0 radical (unpaired) electrons. The Balaban J connectivity index is 1.55. The van der Waals surface area contributed by atoms with Gasteiger partial charge in [0.2, 0.25) is 0 Å². The van der Waals surface area contributed by atoms with Gasteiger partial charge in [0.1, 0.15) is 0 Å². The van der Waals surface area contributed by atoms with Gasteiger partial charge in [-0.3, -0.25) is 9.59 Å². The number of carboxylic acid groups (broad SMARTS) is 1. The summed E-state index contributed by atoms with van der Waals surface area (Å²) in [6.07, 6.45) is 8.46. The third-order valence-electron chi connectivity index (χ3n) is 5.46. The summed E-state index contributed by atoms with van der Waals surface area (Å²) >= 11 is 0. The number of amides is 1. The largest absolute Gasteiger partial charge is 0.481 e. The third-order valence-corrected chi connectivity index (χ3v) is 5.46. The molecule has 0 spiro atoms. The van der Waals surface area contributed by atoms with E-state index in [2.05, 4.69) is 12.2 Å². The zero-order valence-corrected chi connectivity index (χ0v) is 13.1. The maximum Gasteiger partial charge on any atom is 0.308 e. The predicted molar refractivity (Wildman–Crippen MR) is 87.0 cm³/mol. The van der Waals surface area contributed by atoms with Crippen molar-refractivity contribution in [2.45, 2.75) is 25.7 Å². The summed E-state index contributed by atoms with van der Waals surface area (Å²) in [5.74, 6) is -0.531. The van der Waals surface area contributed by atoms with Gasteiger partial charge in [-0.1, -0.05) is 18.2 Å². The van der Waals surface area contributed by atoms with Crippen LogP contribution in [0.1, 0.15) is 40.7 Å². The topological polar surface area (TPSA) is 57.6 Å². The summed E-state index contributed by atoms with van der Waals surface area (Å²) in [5.41, 5.74) is 3.10. The number of nitrogens with zero attached hydrogens (tertiary/aromatic N) is 1. The first kappa shape index (κ1) is 14.5. The molecule has 1 saturated heterocycles. The van der Waals surface area contributed by atoms with Crippen molar-refractivity contribution in [2.24, 2.45) is 17.8 Å². The monoisotopic (exact) mass is 311 g/mol. The van der Waals surface area contributed by atoms with Crippen molar-refractivity contribution >= 4 is 18.0 Å². The van der Waals surface area contributed by atoms with E-state index in [4.69, 9.17) is 0 Å². The number of fused-ring (bicyclic) bond motifs is 1. The van der Waals surface area contributed by atoms with Gasteiger partial charge in [0, 0.05) is 18.7 Å². The second kappa shape index (κ2) is 5.52. The normalized spacial score (nSPS) is 26.2. The lowest BCUT2D eigenvalue weighted by atomic mass is 9.92. The molecule has 23 heavy (non-hydrogen) atoms. The Hall–Kier alpha value is -2.10. The minimum absolute atomic E-state index is 0.0169. The number of likely N-dealkylation sites (tertiary alicyclic amines) is 1. The molecule has 1 N–H and O–H groups in total. The van der Waals surface area contributed by atoms with Crippen molar-refractivity contribution in [3.8, 4) is 0 Å². The van der Waals surface area contributed by atoms with Crippen LogP contribution in [-0.2, 0) is 11.2 Å². The van der Waals surface area contributed by atoms with E-state index in [1.807, 2.05) is 18.2 Å². The highest BCUT2D eigenvalue weighted by Crippen LogP contribution is 2.44. The molecular formula is C19H21NO3. The highest BCUT2D eigenvalue weighted by atomic mass is 16.4. The second-order valence-corrected chi connectivity index (χ2v) is 7.01. The van der Waals surface area contributed by atoms with Gasteiger partial charge in [-0.2, -0.15) is 0 Å². The molecule has 2 fully saturated rings. The number of benzene rings is 1. The van der Waals surface area contributed by atoms with Crippen molar-refractivity contribution < 1.29 is 14.7 Å². The standard InChI is InChI=1S/C19H21NO3/c21-18(15-8-5-12-3-1-2-4-14(12)9-15)20-10-16(13-6-7-13)17(11-20)19(22)23/h1,3,5,8-9,13,16-17H,2,4,6-7,10-11H2,(H,22,23)/t16-,17+/m1/s1. The van der Waals surface area contributed by atoms with E-state index in [1.54, 1.807) is 4.90 Å². The van der Waals surface area contributed by atoms with Crippen molar-refractivity contribution in [2.75, 3.05) is 13.1 Å². The van der Waals surface area contributed by atoms with Crippen LogP contribution in [0.3, 0.4) is 0 Å². The SMILES string of the molecule is O=C(O)[C@H]1CN(C(=O)c2ccc3c(c2)CCC=C3)C[C@@H]1C1CC1. The summed E-state index contributed by atoms with van der Waals surface area (Å²) in [7, 11) is 0. The van der Waals surface area contributed by atoms with Gasteiger partial charge in [-0.25, -0.2) is 0 Å². The first-order chi connectivity index (χ1) is 11.1. The molecule has 1 aromatic rings. The first-order valence-corrected chi connectivity index (χ1v) is 8.45. The zero-order chi connectivity index (χ0) is 16.0. The minimum Gasteiger partial charge on any atom is -0.481 e. The zero-order valence-electron chi connectivity index (χ0n) is 13.1. The van der Waals surface area contributed by atoms with Crippen LogP contribution in [0.15, 0.2) is 24.3 Å². The summed E-state index contributed by atoms with van der Waals surface area (Å²) < 4.78 is 0. The number of hydrogen-bond donors (Lipinski definition) is 1. The quantitative estimate of drug-likeness (QED) is 0.934. The molecule has 1 heterocycles. The molecule has 1 aliphatic heterocycles. The molecule has 4 nitrogen and oxygen atoms in total. The Labute approximate surface area is 135 Å². The van der Waals surface area contributed by atoms with E-state index in [1.165, 1.54) is 11.1 Å². The number of aliphatic carboxylic acids is 1. The average molecular weight is 311 g/mol. The van der Waals surface area contributed by atoms with Gasteiger partial charge >= 0.3 is 5.97 Å². The number of rotatable bonds is 3. The molecule has 4 rings (SSSR count). The van der Waals surface area contributed by atoms with E-state index in [9.17, 15) is 14.7 Å². The molecule has 0 bridgehead atoms. The molecule has 1 saturated carbocycles. The molecule has 2 aliphatic carbocycles. The number of carboxylic acids is 1. The lowest BCUT2D eigenvalue weighted by molar-refractivity contribution is -0.142. The number of aryl methyl sites for hydroxylation is 1. The van der Waals surface area contributed by atoms with Crippen molar-refractivity contribution in [3.63, 3.8) is 0 Å². The van der Waals surface area contributed by atoms with E-state index in [-0.39, 0.29) is 11.8 Å². The van der Waals surface area contributed by atoms with Gasteiger partial charge in [0.15, 0.2) is 0 Å². The Kier molecular flexibility index (Phi) is 3.47. The van der Waals surface area contributed by atoms with Gasteiger partial charge in [0.25, 0.3) is 5.91 Å². The average Bonchev–Trinajstić information content (AvgIpc) is 3.31. The van der Waals surface area contributed by atoms with Crippen molar-refractivity contribution in [1.82, 2.24) is 4.90 Å². The van der Waals surface area contributed by atoms with Gasteiger partial charge in [-0.15, -0.1) is 0 Å². The maximum absolute atomic E-state index is 12.8. The molecular weight excluding hydrogens is 290 g/mol. The summed E-state index contributed by atoms with van der Waals surface area (Å²) in [6, 6.07) is 5.86. The Morgan fingerprint density at radius 3 is 2.74 bits per heavy atom. The second-order valence-electron chi connectivity index (χ2n) is 7.01. The predicted octanol–water partition coefficient (Wildman–Crippen LogP) is 2.83. The van der Waals surface area contributed by atoms with Crippen molar-refractivity contribution in [1.29, 1.82) is 0 Å². The van der Waals surface area contributed by atoms with E-state index < -0.39 is 11.9 Å². The Morgan fingerprint density at radius 1 is 1.17 bits per heavy atom. The van der Waals surface area contributed by atoms with Crippen LogP contribution < -0.4 is 0 Å². The van der Waals surface area contributed by atoms with E-state index >= 15 is 0 Å². The summed E-state index contributed by atoms with van der Waals surface area (Å²) in [5, 5.41) is 9.44. The Bertz CT molecular complexity index is 690.